The number of likely N-dealkylation sites (tertiary alicyclic amines) is 1. The van der Waals surface area contributed by atoms with Crippen LogP contribution < -0.4 is 5.32 Å². The van der Waals surface area contributed by atoms with E-state index in [-0.39, 0.29) is 18.0 Å². The molecule has 1 aliphatic heterocycles. The molecule has 1 saturated heterocycles. The highest BCUT2D eigenvalue weighted by molar-refractivity contribution is 7.99. The van der Waals surface area contributed by atoms with Crippen LogP contribution in [0.1, 0.15) is 33.6 Å². The predicted octanol–water partition coefficient (Wildman–Crippen LogP) is 2.02. The van der Waals surface area contributed by atoms with Gasteiger partial charge >= 0.3 is 12.0 Å². The van der Waals surface area contributed by atoms with E-state index in [4.69, 9.17) is 0 Å². The fourth-order valence-electron chi connectivity index (χ4n) is 2.32. The number of rotatable bonds is 6. The van der Waals surface area contributed by atoms with Crippen LogP contribution in [0.25, 0.3) is 0 Å². The molecule has 0 spiro atoms. The van der Waals surface area contributed by atoms with Gasteiger partial charge in [0, 0.05) is 12.6 Å². The molecular weight excluding hydrogens is 264 g/mol. The van der Waals surface area contributed by atoms with Gasteiger partial charge in [-0.1, -0.05) is 13.8 Å². The maximum atomic E-state index is 12.1. The molecule has 6 heteroatoms. The average Bonchev–Trinajstić information content (AvgIpc) is 2.71. The Bertz CT molecular complexity index is 325. The number of hydrogen-bond donors (Lipinski definition) is 2. The molecule has 2 N–H and O–H groups in total. The Morgan fingerprint density at radius 1 is 1.53 bits per heavy atom. The summed E-state index contributed by atoms with van der Waals surface area (Å²) in [5, 5.41) is 12.1. The third-order valence-corrected chi connectivity index (χ3v) is 4.42. The second-order valence-electron chi connectivity index (χ2n) is 5.08. The number of aliphatic carboxylic acids is 1. The topological polar surface area (TPSA) is 69.6 Å². The van der Waals surface area contributed by atoms with E-state index in [2.05, 4.69) is 12.2 Å². The summed E-state index contributed by atoms with van der Waals surface area (Å²) in [5.74, 6) is 1.20. The van der Waals surface area contributed by atoms with Crippen molar-refractivity contribution < 1.29 is 14.7 Å². The Morgan fingerprint density at radius 2 is 2.21 bits per heavy atom. The first-order valence-corrected chi connectivity index (χ1v) is 8.00. The molecule has 1 heterocycles. The Hall–Kier alpha value is -0.910. The van der Waals surface area contributed by atoms with Crippen LogP contribution >= 0.6 is 11.8 Å². The van der Waals surface area contributed by atoms with Gasteiger partial charge in [-0.15, -0.1) is 0 Å². The molecule has 0 saturated carbocycles. The highest BCUT2D eigenvalue weighted by Gasteiger charge is 2.39. The lowest BCUT2D eigenvalue weighted by atomic mass is 10.0. The lowest BCUT2D eigenvalue weighted by Gasteiger charge is -2.25. The monoisotopic (exact) mass is 288 g/mol. The van der Waals surface area contributed by atoms with Crippen LogP contribution in [-0.4, -0.2) is 52.1 Å². The van der Waals surface area contributed by atoms with Crippen molar-refractivity contribution in [2.75, 3.05) is 18.1 Å². The summed E-state index contributed by atoms with van der Waals surface area (Å²) < 4.78 is 0. The van der Waals surface area contributed by atoms with Gasteiger partial charge in [0.1, 0.15) is 6.04 Å². The van der Waals surface area contributed by atoms with Crippen molar-refractivity contribution >= 4 is 23.8 Å². The summed E-state index contributed by atoms with van der Waals surface area (Å²) in [5.41, 5.74) is 0. The molecule has 0 aromatic rings. The highest BCUT2D eigenvalue weighted by atomic mass is 32.2. The van der Waals surface area contributed by atoms with Crippen LogP contribution in [0.3, 0.4) is 0 Å². The Kier molecular flexibility index (Phi) is 6.48. The smallest absolute Gasteiger partial charge is 0.326 e. The number of urea groups is 1. The maximum Gasteiger partial charge on any atom is 0.326 e. The largest absolute Gasteiger partial charge is 0.480 e. The second kappa shape index (κ2) is 7.62. The highest BCUT2D eigenvalue weighted by Crippen LogP contribution is 2.24. The SMILES string of the molecule is CCSCCC(C)NC(=O)N1CCC(C)C1C(=O)O. The molecular formula is C13H24N2O3S. The van der Waals surface area contributed by atoms with Crippen molar-refractivity contribution in [1.29, 1.82) is 0 Å². The van der Waals surface area contributed by atoms with Gasteiger partial charge in [0.05, 0.1) is 0 Å². The summed E-state index contributed by atoms with van der Waals surface area (Å²) >= 11 is 1.84. The number of thioether (sulfide) groups is 1. The van der Waals surface area contributed by atoms with E-state index in [1.165, 1.54) is 4.90 Å². The van der Waals surface area contributed by atoms with Crippen molar-refractivity contribution in [3.8, 4) is 0 Å². The number of carbonyl (C=O) groups excluding carboxylic acids is 1. The molecule has 0 aromatic heterocycles. The summed E-state index contributed by atoms with van der Waals surface area (Å²) in [4.78, 5) is 24.7. The molecule has 5 nitrogen and oxygen atoms in total. The standard InChI is InChI=1S/C13H24N2O3S/c1-4-19-8-6-10(3)14-13(18)15-7-5-9(2)11(15)12(16)17/h9-11H,4-8H2,1-3H3,(H,14,18)(H,16,17). The van der Waals surface area contributed by atoms with E-state index in [0.29, 0.717) is 6.54 Å². The molecule has 19 heavy (non-hydrogen) atoms. The minimum absolute atomic E-state index is 0.0224. The summed E-state index contributed by atoms with van der Waals surface area (Å²) in [6.45, 7) is 6.48. The van der Waals surface area contributed by atoms with Crippen molar-refractivity contribution in [1.82, 2.24) is 10.2 Å². The number of nitrogens with zero attached hydrogens (tertiary/aromatic N) is 1. The molecule has 3 unspecified atom stereocenters. The van der Waals surface area contributed by atoms with Crippen molar-refractivity contribution in [2.45, 2.75) is 45.7 Å². The van der Waals surface area contributed by atoms with E-state index < -0.39 is 12.0 Å². The number of amides is 2. The molecule has 1 aliphatic rings. The summed E-state index contributed by atoms with van der Waals surface area (Å²) in [6, 6.07) is -0.847. The summed E-state index contributed by atoms with van der Waals surface area (Å²) in [6.07, 6.45) is 1.66. The quantitative estimate of drug-likeness (QED) is 0.734. The van der Waals surface area contributed by atoms with E-state index in [1.807, 2.05) is 25.6 Å². The first kappa shape index (κ1) is 16.1. The van der Waals surface area contributed by atoms with Crippen molar-refractivity contribution in [3.63, 3.8) is 0 Å². The minimum Gasteiger partial charge on any atom is -0.480 e. The van der Waals surface area contributed by atoms with E-state index >= 15 is 0 Å². The second-order valence-corrected chi connectivity index (χ2v) is 6.47. The normalized spacial score (nSPS) is 24.3. The third kappa shape index (κ3) is 4.60. The predicted molar refractivity (Wildman–Crippen MR) is 77.5 cm³/mol. The van der Waals surface area contributed by atoms with Gasteiger partial charge < -0.3 is 15.3 Å². The molecule has 110 valence electrons. The molecule has 0 radical (unpaired) electrons. The van der Waals surface area contributed by atoms with Crippen LogP contribution in [0.4, 0.5) is 4.79 Å². The number of carbonyl (C=O) groups is 2. The van der Waals surface area contributed by atoms with Crippen LogP contribution in [0.2, 0.25) is 0 Å². The first-order chi connectivity index (χ1) is 8.97. The maximum absolute atomic E-state index is 12.1. The van der Waals surface area contributed by atoms with Crippen LogP contribution in [0.15, 0.2) is 0 Å². The van der Waals surface area contributed by atoms with Crippen LogP contribution in [0, 0.1) is 5.92 Å². The molecule has 3 atom stereocenters. The Morgan fingerprint density at radius 3 is 2.79 bits per heavy atom. The van der Waals surface area contributed by atoms with E-state index in [0.717, 1.165) is 24.3 Å². The zero-order chi connectivity index (χ0) is 14.4. The fraction of sp³-hybridized carbons (Fsp3) is 0.846. The van der Waals surface area contributed by atoms with E-state index in [9.17, 15) is 14.7 Å². The molecule has 0 aliphatic carbocycles. The van der Waals surface area contributed by atoms with Gasteiger partial charge in [0.2, 0.25) is 0 Å². The number of nitrogens with one attached hydrogen (secondary N) is 1. The Balaban J connectivity index is 2.46. The van der Waals surface area contributed by atoms with Gasteiger partial charge in [-0.2, -0.15) is 11.8 Å². The van der Waals surface area contributed by atoms with Crippen LogP contribution in [-0.2, 0) is 4.79 Å². The molecule has 1 fully saturated rings. The van der Waals surface area contributed by atoms with Crippen LogP contribution in [0.5, 0.6) is 0 Å². The number of hydrogen-bond acceptors (Lipinski definition) is 3. The minimum atomic E-state index is -0.908. The molecule has 0 bridgehead atoms. The molecule has 2 amide bonds. The molecule has 0 aromatic carbocycles. The molecule has 1 rings (SSSR count). The van der Waals surface area contributed by atoms with Gasteiger partial charge in [-0.3, -0.25) is 0 Å². The van der Waals surface area contributed by atoms with Gasteiger partial charge in [0.15, 0.2) is 0 Å². The van der Waals surface area contributed by atoms with Gasteiger partial charge in [-0.25, -0.2) is 9.59 Å². The van der Waals surface area contributed by atoms with Crippen molar-refractivity contribution in [3.05, 3.63) is 0 Å². The Labute approximate surface area is 119 Å². The number of carboxylic acid groups (broad SMARTS) is 1. The zero-order valence-corrected chi connectivity index (χ0v) is 12.7. The van der Waals surface area contributed by atoms with Crippen molar-refractivity contribution in [2.24, 2.45) is 5.92 Å². The number of carboxylic acids is 1. The van der Waals surface area contributed by atoms with Gasteiger partial charge in [0.25, 0.3) is 0 Å². The lowest BCUT2D eigenvalue weighted by molar-refractivity contribution is -0.142. The zero-order valence-electron chi connectivity index (χ0n) is 11.9. The van der Waals surface area contributed by atoms with Gasteiger partial charge in [-0.05, 0) is 37.2 Å². The first-order valence-electron chi connectivity index (χ1n) is 6.85. The summed E-state index contributed by atoms with van der Waals surface area (Å²) in [7, 11) is 0. The third-order valence-electron chi connectivity index (χ3n) is 3.48. The van der Waals surface area contributed by atoms with E-state index in [1.54, 1.807) is 0 Å². The lowest BCUT2D eigenvalue weighted by Crippen LogP contribution is -2.49. The average molecular weight is 288 g/mol. The fourth-order valence-corrected chi connectivity index (χ4v) is 3.13.